The molecule has 4 nitrogen and oxygen atoms in total. The van der Waals surface area contributed by atoms with E-state index in [-0.39, 0.29) is 0 Å². The number of hydrogen-bond acceptors (Lipinski definition) is 2. The molecule has 0 amide bonds. The highest BCUT2D eigenvalue weighted by molar-refractivity contribution is 6.31. The van der Waals surface area contributed by atoms with Crippen LogP contribution in [0.25, 0.3) is 15.9 Å². The SMILES string of the molecule is [C-]#[N+]c1ccc(Cn2c(Cl)nc3ccc(Cl)cc32)nc1. The van der Waals surface area contributed by atoms with Crippen molar-refractivity contribution in [3.63, 3.8) is 0 Å². The lowest BCUT2D eigenvalue weighted by Crippen LogP contribution is -2.01. The van der Waals surface area contributed by atoms with Crippen molar-refractivity contribution in [3.8, 4) is 0 Å². The Bertz CT molecular complexity index is 816. The average Bonchev–Trinajstić information content (AvgIpc) is 2.76. The number of pyridine rings is 1. The Labute approximate surface area is 125 Å². The van der Waals surface area contributed by atoms with E-state index >= 15 is 0 Å². The number of nitrogens with zero attached hydrogens (tertiary/aromatic N) is 4. The van der Waals surface area contributed by atoms with Gasteiger partial charge in [-0.05, 0) is 35.9 Å². The predicted molar refractivity (Wildman–Crippen MR) is 79.4 cm³/mol. The van der Waals surface area contributed by atoms with Gasteiger partial charge in [0.2, 0.25) is 11.0 Å². The molecular formula is C14H8Cl2N4. The normalized spacial score (nSPS) is 10.7. The highest BCUT2D eigenvalue weighted by atomic mass is 35.5. The lowest BCUT2D eigenvalue weighted by molar-refractivity contribution is 0.799. The molecule has 2 heterocycles. The first-order valence-electron chi connectivity index (χ1n) is 5.81. The number of aromatic nitrogens is 3. The van der Waals surface area contributed by atoms with Crippen molar-refractivity contribution >= 4 is 39.9 Å². The van der Waals surface area contributed by atoms with Crippen molar-refractivity contribution < 1.29 is 0 Å². The fourth-order valence-electron chi connectivity index (χ4n) is 1.96. The molecule has 1 aromatic carbocycles. The molecule has 0 unspecified atom stereocenters. The summed E-state index contributed by atoms with van der Waals surface area (Å²) in [5, 5.41) is 1.02. The standard InChI is InChI=1S/C14H8Cl2N4/c1-17-10-3-4-11(18-7-10)8-20-13-6-9(15)2-5-12(13)19-14(20)16/h2-7H,8H2. The molecule has 3 rings (SSSR count). The zero-order chi connectivity index (χ0) is 14.1. The molecular weight excluding hydrogens is 295 g/mol. The van der Waals surface area contributed by atoms with Gasteiger partial charge < -0.3 is 4.57 Å². The van der Waals surface area contributed by atoms with Gasteiger partial charge in [0.15, 0.2) is 0 Å². The molecule has 98 valence electrons. The first-order chi connectivity index (χ1) is 9.67. The highest BCUT2D eigenvalue weighted by Crippen LogP contribution is 2.24. The molecule has 3 aromatic rings. The van der Waals surface area contributed by atoms with Crippen LogP contribution in [0, 0.1) is 6.57 Å². The van der Waals surface area contributed by atoms with E-state index in [0.717, 1.165) is 16.7 Å². The lowest BCUT2D eigenvalue weighted by Gasteiger charge is -2.05. The zero-order valence-electron chi connectivity index (χ0n) is 10.2. The van der Waals surface area contributed by atoms with Crippen molar-refractivity contribution in [2.24, 2.45) is 0 Å². The van der Waals surface area contributed by atoms with E-state index in [1.54, 1.807) is 24.4 Å². The molecule has 0 fully saturated rings. The van der Waals surface area contributed by atoms with E-state index in [1.807, 2.05) is 16.7 Å². The second-order valence-corrected chi connectivity index (χ2v) is 4.99. The number of benzene rings is 1. The Balaban J connectivity index is 2.03. The molecule has 0 aliphatic carbocycles. The molecule has 0 atom stereocenters. The van der Waals surface area contributed by atoms with Crippen LogP contribution in [0.3, 0.4) is 0 Å². The number of imidazole rings is 1. The summed E-state index contributed by atoms with van der Waals surface area (Å²) in [5.74, 6) is 0. The van der Waals surface area contributed by atoms with Gasteiger partial charge in [-0.2, -0.15) is 0 Å². The van der Waals surface area contributed by atoms with Crippen LogP contribution in [0.1, 0.15) is 5.69 Å². The number of halogens is 2. The molecule has 0 N–H and O–H groups in total. The first-order valence-corrected chi connectivity index (χ1v) is 6.56. The van der Waals surface area contributed by atoms with Crippen LogP contribution < -0.4 is 0 Å². The van der Waals surface area contributed by atoms with Crippen LogP contribution in [0.15, 0.2) is 36.5 Å². The van der Waals surface area contributed by atoms with Crippen molar-refractivity contribution in [2.45, 2.75) is 6.54 Å². The smallest absolute Gasteiger partial charge is 0.205 e. The van der Waals surface area contributed by atoms with Gasteiger partial charge in [-0.1, -0.05) is 17.7 Å². The summed E-state index contributed by atoms with van der Waals surface area (Å²) in [6.07, 6.45) is 1.54. The van der Waals surface area contributed by atoms with Crippen LogP contribution >= 0.6 is 23.2 Å². The van der Waals surface area contributed by atoms with E-state index in [1.165, 1.54) is 0 Å². The summed E-state index contributed by atoms with van der Waals surface area (Å²) >= 11 is 12.2. The van der Waals surface area contributed by atoms with Gasteiger partial charge >= 0.3 is 0 Å². The molecule has 0 saturated heterocycles. The Hall–Kier alpha value is -2.09. The predicted octanol–water partition coefficient (Wildman–Crippen LogP) is 4.34. The third kappa shape index (κ3) is 2.34. The summed E-state index contributed by atoms with van der Waals surface area (Å²) in [6, 6.07) is 8.97. The molecule has 6 heteroatoms. The Kier molecular flexibility index (Phi) is 3.31. The second kappa shape index (κ2) is 5.12. The van der Waals surface area contributed by atoms with Crippen LogP contribution in [-0.2, 0) is 6.54 Å². The third-order valence-corrected chi connectivity index (χ3v) is 3.45. The lowest BCUT2D eigenvalue weighted by atomic mass is 10.3. The monoisotopic (exact) mass is 302 g/mol. The van der Waals surface area contributed by atoms with Crippen molar-refractivity contribution in [1.82, 2.24) is 14.5 Å². The fraction of sp³-hybridized carbons (Fsp3) is 0.0714. The van der Waals surface area contributed by atoms with Crippen LogP contribution in [0.4, 0.5) is 5.69 Å². The molecule has 0 aliphatic rings. The summed E-state index contributed by atoms with van der Waals surface area (Å²) in [7, 11) is 0. The third-order valence-electron chi connectivity index (χ3n) is 2.92. The molecule has 0 radical (unpaired) electrons. The maximum Gasteiger partial charge on any atom is 0.205 e. The largest absolute Gasteiger partial charge is 0.309 e. The topological polar surface area (TPSA) is 35.1 Å². The summed E-state index contributed by atoms with van der Waals surface area (Å²) in [4.78, 5) is 11.8. The van der Waals surface area contributed by atoms with E-state index in [9.17, 15) is 0 Å². The van der Waals surface area contributed by atoms with Crippen LogP contribution in [0.5, 0.6) is 0 Å². The van der Waals surface area contributed by atoms with Gasteiger partial charge in [0.1, 0.15) is 0 Å². The summed E-state index contributed by atoms with van der Waals surface area (Å²) < 4.78 is 1.84. The average molecular weight is 303 g/mol. The number of fused-ring (bicyclic) bond motifs is 1. The Morgan fingerprint density at radius 3 is 2.75 bits per heavy atom. The molecule has 0 aliphatic heterocycles. The number of rotatable bonds is 2. The quantitative estimate of drug-likeness (QED) is 0.660. The van der Waals surface area contributed by atoms with Crippen LogP contribution in [0.2, 0.25) is 10.3 Å². The Morgan fingerprint density at radius 1 is 1.20 bits per heavy atom. The highest BCUT2D eigenvalue weighted by Gasteiger charge is 2.10. The van der Waals surface area contributed by atoms with E-state index < -0.39 is 0 Å². The molecule has 0 saturated carbocycles. The second-order valence-electron chi connectivity index (χ2n) is 4.22. The van der Waals surface area contributed by atoms with Gasteiger partial charge in [0.05, 0.1) is 29.8 Å². The maximum atomic E-state index is 6.91. The van der Waals surface area contributed by atoms with Gasteiger partial charge in [0, 0.05) is 11.2 Å². The minimum atomic E-state index is 0.387. The molecule has 2 aromatic heterocycles. The number of hydrogen-bond donors (Lipinski definition) is 0. The van der Waals surface area contributed by atoms with E-state index in [2.05, 4.69) is 14.8 Å². The van der Waals surface area contributed by atoms with E-state index in [4.69, 9.17) is 29.8 Å². The molecule has 20 heavy (non-hydrogen) atoms. The van der Waals surface area contributed by atoms with Gasteiger partial charge in [-0.25, -0.2) is 9.83 Å². The van der Waals surface area contributed by atoms with Crippen molar-refractivity contribution in [1.29, 1.82) is 0 Å². The van der Waals surface area contributed by atoms with Crippen LogP contribution in [-0.4, -0.2) is 14.5 Å². The van der Waals surface area contributed by atoms with E-state index in [0.29, 0.717) is 22.5 Å². The summed E-state index contributed by atoms with van der Waals surface area (Å²) in [5.41, 5.74) is 2.97. The summed E-state index contributed by atoms with van der Waals surface area (Å²) in [6.45, 7) is 7.39. The fourth-order valence-corrected chi connectivity index (χ4v) is 2.36. The van der Waals surface area contributed by atoms with Gasteiger partial charge in [0.25, 0.3) is 0 Å². The first kappa shape index (κ1) is 12.9. The van der Waals surface area contributed by atoms with Gasteiger partial charge in [-0.3, -0.25) is 4.98 Å². The minimum absolute atomic E-state index is 0.387. The molecule has 0 bridgehead atoms. The maximum absolute atomic E-state index is 6.91. The van der Waals surface area contributed by atoms with Gasteiger partial charge in [-0.15, -0.1) is 0 Å². The van der Waals surface area contributed by atoms with Crippen molar-refractivity contribution in [3.05, 3.63) is 63.9 Å². The Morgan fingerprint density at radius 2 is 2.05 bits per heavy atom. The minimum Gasteiger partial charge on any atom is -0.309 e. The zero-order valence-corrected chi connectivity index (χ0v) is 11.7. The molecule has 0 spiro atoms. The van der Waals surface area contributed by atoms with Crippen molar-refractivity contribution in [2.75, 3.05) is 0 Å².